The van der Waals surface area contributed by atoms with Gasteiger partial charge in [-0.05, 0) is 56.1 Å². The van der Waals surface area contributed by atoms with Gasteiger partial charge in [0, 0.05) is 21.8 Å². The molecule has 1 atom stereocenters. The lowest BCUT2D eigenvalue weighted by molar-refractivity contribution is -0.0895. The summed E-state index contributed by atoms with van der Waals surface area (Å²) in [5.41, 5.74) is -0.0792. The Labute approximate surface area is 152 Å². The lowest BCUT2D eigenvalue weighted by atomic mass is 9.93. The van der Waals surface area contributed by atoms with Gasteiger partial charge in [0.05, 0.1) is 0 Å². The first-order chi connectivity index (χ1) is 10.9. The Hall–Kier alpha value is 0.577. The largest absolute Gasteiger partial charge is 0.370 e. The summed E-state index contributed by atoms with van der Waals surface area (Å²) < 4.78 is 12.3. The molecule has 134 valence electrons. The van der Waals surface area contributed by atoms with Crippen molar-refractivity contribution in [1.82, 2.24) is 0 Å². The first kappa shape index (κ1) is 19.9. The summed E-state index contributed by atoms with van der Waals surface area (Å²) in [6.07, 6.45) is 11.9. The lowest BCUT2D eigenvalue weighted by Gasteiger charge is -2.47. The SMILES string of the molecule is COC1(C2(CCC/C=C/C[Si](C)(C)C)CCCO2)SCCCS1. The standard InChI is InChI=1S/C18H34O2S2Si/c1-19-18(21-14-10-15-22-18)17(12-9-13-20-17)11-7-5-6-8-16-23(2,3)4/h6,8H,5,7,9-16H2,1-4H3/b8-6+. The number of ether oxygens (including phenoxy) is 2. The van der Waals surface area contributed by atoms with Gasteiger partial charge in [0.2, 0.25) is 0 Å². The van der Waals surface area contributed by atoms with Gasteiger partial charge in [-0.2, -0.15) is 0 Å². The van der Waals surface area contributed by atoms with Gasteiger partial charge in [0.15, 0.2) is 4.27 Å². The molecule has 0 aromatic heterocycles. The molecule has 0 saturated carbocycles. The van der Waals surface area contributed by atoms with E-state index in [1.54, 1.807) is 0 Å². The van der Waals surface area contributed by atoms with Crippen molar-refractivity contribution in [2.45, 2.75) is 74.1 Å². The summed E-state index contributed by atoms with van der Waals surface area (Å²) in [7, 11) is 0.937. The summed E-state index contributed by atoms with van der Waals surface area (Å²) in [6, 6.07) is 1.29. The zero-order chi connectivity index (χ0) is 16.8. The van der Waals surface area contributed by atoms with Crippen LogP contribution in [0.4, 0.5) is 0 Å². The van der Waals surface area contributed by atoms with E-state index >= 15 is 0 Å². The molecule has 23 heavy (non-hydrogen) atoms. The molecule has 0 aromatic carbocycles. The van der Waals surface area contributed by atoms with Gasteiger partial charge >= 0.3 is 0 Å². The van der Waals surface area contributed by atoms with E-state index in [1.807, 2.05) is 30.6 Å². The van der Waals surface area contributed by atoms with E-state index in [0.717, 1.165) is 19.4 Å². The first-order valence-corrected chi connectivity index (χ1v) is 14.7. The zero-order valence-electron chi connectivity index (χ0n) is 15.4. The molecule has 0 N–H and O–H groups in total. The van der Waals surface area contributed by atoms with Crippen molar-refractivity contribution in [2.24, 2.45) is 0 Å². The molecule has 2 heterocycles. The zero-order valence-corrected chi connectivity index (χ0v) is 18.0. The highest BCUT2D eigenvalue weighted by Crippen LogP contribution is 2.56. The van der Waals surface area contributed by atoms with Crippen LogP contribution in [0.5, 0.6) is 0 Å². The fourth-order valence-electron chi connectivity index (χ4n) is 3.43. The van der Waals surface area contributed by atoms with Gasteiger partial charge in [-0.3, -0.25) is 0 Å². The van der Waals surface area contributed by atoms with E-state index in [0.29, 0.717) is 0 Å². The highest BCUT2D eigenvalue weighted by atomic mass is 32.2. The summed E-state index contributed by atoms with van der Waals surface area (Å²) in [6.45, 7) is 8.19. The maximum Gasteiger partial charge on any atom is 0.189 e. The number of hydrogen-bond donors (Lipinski definition) is 0. The van der Waals surface area contributed by atoms with E-state index in [-0.39, 0.29) is 9.87 Å². The molecule has 0 bridgehead atoms. The summed E-state index contributed by atoms with van der Waals surface area (Å²) >= 11 is 3.96. The van der Waals surface area contributed by atoms with Crippen molar-refractivity contribution >= 4 is 31.6 Å². The monoisotopic (exact) mass is 374 g/mol. The second-order valence-corrected chi connectivity index (χ2v) is 16.2. The van der Waals surface area contributed by atoms with E-state index in [9.17, 15) is 0 Å². The highest BCUT2D eigenvalue weighted by molar-refractivity contribution is 8.18. The van der Waals surface area contributed by atoms with Gasteiger partial charge in [0.25, 0.3) is 0 Å². The molecule has 2 aliphatic heterocycles. The quantitative estimate of drug-likeness (QED) is 0.305. The minimum atomic E-state index is -0.941. The molecule has 2 aliphatic rings. The van der Waals surface area contributed by atoms with E-state index < -0.39 is 8.07 Å². The second-order valence-electron chi connectivity index (χ2n) is 7.89. The molecule has 2 saturated heterocycles. The third-order valence-electron chi connectivity index (χ3n) is 4.65. The molecular formula is C18H34O2S2Si. The average molecular weight is 375 g/mol. The molecule has 0 aromatic rings. The number of thioether (sulfide) groups is 2. The normalized spacial score (nSPS) is 28.5. The fourth-order valence-corrected chi connectivity index (χ4v) is 7.72. The van der Waals surface area contributed by atoms with Crippen LogP contribution in [-0.4, -0.2) is 43.2 Å². The van der Waals surface area contributed by atoms with Crippen molar-refractivity contribution in [2.75, 3.05) is 25.2 Å². The summed E-state index contributed by atoms with van der Waals surface area (Å²) in [4.78, 5) is 0. The second kappa shape index (κ2) is 8.79. The lowest BCUT2D eigenvalue weighted by Crippen LogP contribution is -2.52. The van der Waals surface area contributed by atoms with Crippen LogP contribution in [0.1, 0.15) is 38.5 Å². The van der Waals surface area contributed by atoms with Crippen molar-refractivity contribution < 1.29 is 9.47 Å². The topological polar surface area (TPSA) is 18.5 Å². The molecular weight excluding hydrogens is 340 g/mol. The Bertz CT molecular complexity index is 381. The molecule has 5 heteroatoms. The van der Waals surface area contributed by atoms with Gasteiger partial charge in [-0.1, -0.05) is 31.8 Å². The molecule has 1 unspecified atom stereocenters. The Morgan fingerprint density at radius 3 is 2.43 bits per heavy atom. The number of allylic oxidation sites excluding steroid dienone is 2. The van der Waals surface area contributed by atoms with Crippen LogP contribution in [0.3, 0.4) is 0 Å². The average Bonchev–Trinajstić information content (AvgIpc) is 3.01. The Kier molecular flexibility index (Phi) is 7.61. The van der Waals surface area contributed by atoms with Crippen molar-refractivity contribution in [3.05, 3.63) is 12.2 Å². The molecule has 2 rings (SSSR count). The van der Waals surface area contributed by atoms with E-state index in [4.69, 9.17) is 9.47 Å². The van der Waals surface area contributed by atoms with Crippen molar-refractivity contribution in [3.8, 4) is 0 Å². The molecule has 0 aliphatic carbocycles. The third kappa shape index (κ3) is 5.27. The first-order valence-electron chi connectivity index (χ1n) is 9.05. The summed E-state index contributed by atoms with van der Waals surface area (Å²) in [5, 5.41) is 0. The van der Waals surface area contributed by atoms with Crippen LogP contribution >= 0.6 is 23.5 Å². The number of unbranched alkanes of at least 4 members (excludes halogenated alkanes) is 1. The van der Waals surface area contributed by atoms with E-state index in [1.165, 1.54) is 43.2 Å². The van der Waals surface area contributed by atoms with Crippen LogP contribution < -0.4 is 0 Å². The Balaban J connectivity index is 1.90. The van der Waals surface area contributed by atoms with Gasteiger partial charge in [-0.15, -0.1) is 23.5 Å². The summed E-state index contributed by atoms with van der Waals surface area (Å²) in [5.74, 6) is 2.39. The molecule has 0 spiro atoms. The molecule has 0 radical (unpaired) electrons. The number of methoxy groups -OCH3 is 1. The predicted molar refractivity (Wildman–Crippen MR) is 108 cm³/mol. The van der Waals surface area contributed by atoms with Crippen molar-refractivity contribution in [1.29, 1.82) is 0 Å². The Morgan fingerprint density at radius 2 is 1.87 bits per heavy atom. The number of rotatable bonds is 8. The van der Waals surface area contributed by atoms with Gasteiger partial charge in [0.1, 0.15) is 5.60 Å². The van der Waals surface area contributed by atoms with E-state index in [2.05, 4.69) is 31.8 Å². The molecule has 2 fully saturated rings. The number of hydrogen-bond acceptors (Lipinski definition) is 4. The van der Waals surface area contributed by atoms with Crippen LogP contribution in [0.15, 0.2) is 12.2 Å². The fraction of sp³-hybridized carbons (Fsp3) is 0.889. The predicted octanol–water partition coefficient (Wildman–Crippen LogP) is 5.77. The maximum atomic E-state index is 6.35. The minimum Gasteiger partial charge on any atom is -0.370 e. The third-order valence-corrected chi connectivity index (χ3v) is 9.64. The van der Waals surface area contributed by atoms with Gasteiger partial charge < -0.3 is 9.47 Å². The highest BCUT2D eigenvalue weighted by Gasteiger charge is 2.56. The van der Waals surface area contributed by atoms with Crippen LogP contribution in [0, 0.1) is 0 Å². The van der Waals surface area contributed by atoms with Crippen LogP contribution in [0.2, 0.25) is 25.7 Å². The van der Waals surface area contributed by atoms with Crippen LogP contribution in [-0.2, 0) is 9.47 Å². The Morgan fingerprint density at radius 1 is 1.13 bits per heavy atom. The minimum absolute atomic E-state index is 0.0792. The smallest absolute Gasteiger partial charge is 0.189 e. The maximum absolute atomic E-state index is 6.35. The molecule has 2 nitrogen and oxygen atoms in total. The van der Waals surface area contributed by atoms with Crippen LogP contribution in [0.25, 0.3) is 0 Å². The van der Waals surface area contributed by atoms with Crippen molar-refractivity contribution in [3.63, 3.8) is 0 Å². The van der Waals surface area contributed by atoms with Gasteiger partial charge in [-0.25, -0.2) is 0 Å². The molecule has 0 amide bonds.